The van der Waals surface area contributed by atoms with E-state index in [-0.39, 0.29) is 29.9 Å². The number of carbonyl (C=O) groups excluding carboxylic acids is 1. The fourth-order valence-electron chi connectivity index (χ4n) is 5.66. The molecule has 0 spiro atoms. The maximum Gasteiger partial charge on any atom is 0.304 e. The van der Waals surface area contributed by atoms with Gasteiger partial charge in [0.25, 0.3) is 0 Å². The monoisotopic (exact) mass is 373 g/mol. The molecule has 0 amide bonds. The molecular weight excluding hydrogens is 346 g/mol. The van der Waals surface area contributed by atoms with Gasteiger partial charge in [-0.3, -0.25) is 9.69 Å². The van der Waals surface area contributed by atoms with Crippen LogP contribution in [-0.4, -0.2) is 23.5 Å². The molecule has 4 atom stereocenters. The molecule has 144 valence electrons. The van der Waals surface area contributed by atoms with Crippen LogP contribution >= 0.6 is 0 Å². The van der Waals surface area contributed by atoms with Crippen LogP contribution in [0.5, 0.6) is 0 Å². The van der Waals surface area contributed by atoms with E-state index in [0.29, 0.717) is 0 Å². The minimum atomic E-state index is -0.877. The molecule has 1 saturated carbocycles. The molecule has 2 aromatic rings. The number of rotatable bonds is 3. The smallest absolute Gasteiger partial charge is 0.304 e. The third-order valence-electron chi connectivity index (χ3n) is 6.59. The number of fused-ring (bicyclic) bond motifs is 2. The zero-order valence-electron chi connectivity index (χ0n) is 16.5. The van der Waals surface area contributed by atoms with Crippen molar-refractivity contribution in [2.24, 2.45) is 11.8 Å². The average molecular weight is 373 g/mol. The first-order valence-corrected chi connectivity index (χ1v) is 10.1. The fraction of sp³-hybridized carbons (Fsp3) is 0.400. The first kappa shape index (κ1) is 18.8. The van der Waals surface area contributed by atoms with Gasteiger partial charge in [0.15, 0.2) is 5.60 Å². The van der Waals surface area contributed by atoms with E-state index >= 15 is 0 Å². The first-order valence-electron chi connectivity index (χ1n) is 10.1. The summed E-state index contributed by atoms with van der Waals surface area (Å²) in [6, 6.07) is 21.2. The normalized spacial score (nSPS) is 32.3. The van der Waals surface area contributed by atoms with Crippen LogP contribution in [0, 0.1) is 24.2 Å². The summed E-state index contributed by atoms with van der Waals surface area (Å²) < 4.78 is 6.05. The molecule has 4 rings (SSSR count). The number of piperidine rings is 1. The van der Waals surface area contributed by atoms with Crippen LogP contribution < -0.4 is 0 Å². The zero-order chi connectivity index (χ0) is 19.7. The Labute approximate surface area is 167 Å². The van der Waals surface area contributed by atoms with Crippen molar-refractivity contribution >= 4 is 5.97 Å². The first-order chi connectivity index (χ1) is 13.6. The fourth-order valence-corrected chi connectivity index (χ4v) is 5.66. The second-order valence-corrected chi connectivity index (χ2v) is 8.05. The molecule has 4 unspecified atom stereocenters. The summed E-state index contributed by atoms with van der Waals surface area (Å²) in [6.07, 6.45) is 9.17. The molecule has 0 N–H and O–H groups in total. The Morgan fingerprint density at radius 1 is 1.00 bits per heavy atom. The lowest BCUT2D eigenvalue weighted by atomic mass is 9.58. The van der Waals surface area contributed by atoms with Crippen molar-refractivity contribution in [3.63, 3.8) is 0 Å². The largest absolute Gasteiger partial charge is 0.445 e. The summed E-state index contributed by atoms with van der Waals surface area (Å²) in [6.45, 7) is 1.47. The van der Waals surface area contributed by atoms with Crippen molar-refractivity contribution in [3.8, 4) is 12.3 Å². The molecule has 1 aliphatic carbocycles. The van der Waals surface area contributed by atoms with Crippen molar-refractivity contribution in [1.29, 1.82) is 0 Å². The number of benzene rings is 2. The number of ether oxygens (including phenoxy) is 1. The molecule has 0 radical (unpaired) electrons. The number of likely N-dealkylation sites (tertiary alicyclic amines) is 1. The molecule has 1 heterocycles. The number of carbonyl (C=O) groups is 1. The Morgan fingerprint density at radius 2 is 1.46 bits per heavy atom. The lowest BCUT2D eigenvalue weighted by Crippen LogP contribution is -2.62. The Balaban J connectivity index is 1.91. The van der Waals surface area contributed by atoms with Crippen molar-refractivity contribution in [1.82, 2.24) is 4.90 Å². The third kappa shape index (κ3) is 2.93. The van der Waals surface area contributed by atoms with E-state index in [1.165, 1.54) is 18.1 Å². The highest BCUT2D eigenvalue weighted by Crippen LogP contribution is 2.59. The standard InChI is InChI=1S/C25H27NO2/c1-4-25(28-18(2)27)21-16-11-17-22(25)24(20-14-9-6-10-15-20)26(3)23(21)19-12-7-5-8-13-19/h1,5-10,12-15,21-24H,11,16-17H2,2-3H3. The van der Waals surface area contributed by atoms with E-state index in [2.05, 4.69) is 66.4 Å². The Hall–Kier alpha value is -2.57. The Kier molecular flexibility index (Phi) is 5.00. The van der Waals surface area contributed by atoms with Gasteiger partial charge < -0.3 is 4.74 Å². The molecule has 2 aromatic carbocycles. The molecule has 2 fully saturated rings. The van der Waals surface area contributed by atoms with Crippen molar-refractivity contribution < 1.29 is 9.53 Å². The summed E-state index contributed by atoms with van der Waals surface area (Å²) in [5.74, 6) is 2.86. The van der Waals surface area contributed by atoms with Crippen LogP contribution in [0.25, 0.3) is 0 Å². The highest BCUT2D eigenvalue weighted by atomic mass is 16.6. The molecule has 1 saturated heterocycles. The average Bonchev–Trinajstić information content (AvgIpc) is 2.70. The van der Waals surface area contributed by atoms with Crippen LogP contribution in [0.1, 0.15) is 49.4 Å². The van der Waals surface area contributed by atoms with Gasteiger partial charge in [0.1, 0.15) is 0 Å². The van der Waals surface area contributed by atoms with Gasteiger partial charge in [-0.15, -0.1) is 6.42 Å². The Morgan fingerprint density at radius 3 is 1.86 bits per heavy atom. The van der Waals surface area contributed by atoms with E-state index in [1.54, 1.807) is 0 Å². The predicted octanol–water partition coefficient (Wildman–Crippen LogP) is 4.77. The van der Waals surface area contributed by atoms with Crippen LogP contribution in [0.2, 0.25) is 0 Å². The minimum Gasteiger partial charge on any atom is -0.445 e. The van der Waals surface area contributed by atoms with E-state index < -0.39 is 5.60 Å². The molecule has 0 aromatic heterocycles. The van der Waals surface area contributed by atoms with Crippen LogP contribution in [0.15, 0.2) is 60.7 Å². The minimum absolute atomic E-state index is 0.0764. The van der Waals surface area contributed by atoms with Gasteiger partial charge >= 0.3 is 5.97 Å². The number of nitrogens with zero attached hydrogens (tertiary/aromatic N) is 1. The SMILES string of the molecule is C#CC1(OC(C)=O)C2CCCC1C(c1ccccc1)N(C)C2c1ccccc1. The summed E-state index contributed by atoms with van der Waals surface area (Å²) in [4.78, 5) is 14.6. The van der Waals surface area contributed by atoms with E-state index in [0.717, 1.165) is 19.3 Å². The van der Waals surface area contributed by atoms with Gasteiger partial charge in [0.05, 0.1) is 0 Å². The second-order valence-electron chi connectivity index (χ2n) is 8.05. The summed E-state index contributed by atoms with van der Waals surface area (Å²) in [7, 11) is 2.19. The van der Waals surface area contributed by atoms with Gasteiger partial charge in [0.2, 0.25) is 0 Å². The Bertz CT molecular complexity index is 815. The summed E-state index contributed by atoms with van der Waals surface area (Å²) in [5.41, 5.74) is 1.57. The quantitative estimate of drug-likeness (QED) is 0.574. The number of hydrogen-bond acceptors (Lipinski definition) is 3. The lowest BCUT2D eigenvalue weighted by molar-refractivity contribution is -0.194. The third-order valence-corrected chi connectivity index (χ3v) is 6.59. The highest BCUT2D eigenvalue weighted by Gasteiger charge is 2.61. The van der Waals surface area contributed by atoms with E-state index in [4.69, 9.17) is 11.2 Å². The van der Waals surface area contributed by atoms with Crippen molar-refractivity contribution in [2.75, 3.05) is 7.05 Å². The zero-order valence-corrected chi connectivity index (χ0v) is 16.5. The number of hydrogen-bond donors (Lipinski definition) is 0. The van der Waals surface area contributed by atoms with E-state index in [9.17, 15) is 4.79 Å². The molecule has 28 heavy (non-hydrogen) atoms. The topological polar surface area (TPSA) is 29.5 Å². The summed E-state index contributed by atoms with van der Waals surface area (Å²) >= 11 is 0. The number of esters is 1. The van der Waals surface area contributed by atoms with Gasteiger partial charge in [-0.1, -0.05) is 73.0 Å². The second kappa shape index (κ2) is 7.45. The van der Waals surface area contributed by atoms with Crippen LogP contribution in [0.4, 0.5) is 0 Å². The molecule has 3 nitrogen and oxygen atoms in total. The van der Waals surface area contributed by atoms with Gasteiger partial charge in [-0.05, 0) is 31.0 Å². The van der Waals surface area contributed by atoms with Crippen LogP contribution in [-0.2, 0) is 9.53 Å². The van der Waals surface area contributed by atoms with Crippen molar-refractivity contribution in [2.45, 2.75) is 43.9 Å². The van der Waals surface area contributed by atoms with Gasteiger partial charge in [0, 0.05) is 30.8 Å². The maximum atomic E-state index is 12.1. The van der Waals surface area contributed by atoms with Crippen LogP contribution in [0.3, 0.4) is 0 Å². The molecule has 2 aliphatic rings. The molecule has 1 aliphatic heterocycles. The van der Waals surface area contributed by atoms with E-state index in [1.807, 2.05) is 12.1 Å². The number of terminal acetylenes is 1. The van der Waals surface area contributed by atoms with Gasteiger partial charge in [-0.2, -0.15) is 0 Å². The molecular formula is C25H27NO2. The lowest BCUT2D eigenvalue weighted by Gasteiger charge is -2.59. The maximum absolute atomic E-state index is 12.1. The molecule has 2 bridgehead atoms. The molecule has 3 heteroatoms. The van der Waals surface area contributed by atoms with Crippen molar-refractivity contribution in [3.05, 3.63) is 71.8 Å². The van der Waals surface area contributed by atoms with Gasteiger partial charge in [-0.25, -0.2) is 0 Å². The predicted molar refractivity (Wildman–Crippen MR) is 110 cm³/mol. The highest BCUT2D eigenvalue weighted by molar-refractivity contribution is 5.67. The summed E-state index contributed by atoms with van der Waals surface area (Å²) in [5, 5.41) is 0.